The minimum Gasteiger partial charge on any atom is -0.457 e. The van der Waals surface area contributed by atoms with Crippen molar-refractivity contribution < 1.29 is 42.1 Å². The van der Waals surface area contributed by atoms with Crippen LogP contribution in [0.2, 0.25) is 0 Å². The van der Waals surface area contributed by atoms with Crippen molar-refractivity contribution in [1.29, 1.82) is 0 Å². The number of morpholine rings is 1. The SMILES string of the molecule is CC(=O)O[C@@H](C(=O)OC(C)(C)C)[C@H]1OCCN(c2cc3ccc(=O)[nH]c3cc2OC(F)F)C1=O. The van der Waals surface area contributed by atoms with E-state index in [-0.39, 0.29) is 30.1 Å². The second-order valence-electron chi connectivity index (χ2n) is 8.45. The van der Waals surface area contributed by atoms with Gasteiger partial charge >= 0.3 is 18.6 Å². The van der Waals surface area contributed by atoms with Gasteiger partial charge in [0.25, 0.3) is 5.91 Å². The number of ether oxygens (including phenoxy) is 4. The number of hydrogen-bond acceptors (Lipinski definition) is 8. The van der Waals surface area contributed by atoms with Crippen LogP contribution in [-0.4, -0.2) is 60.4 Å². The Hall–Kier alpha value is -3.54. The number of aromatic amines is 1. The predicted octanol–water partition coefficient (Wildman–Crippen LogP) is 2.13. The lowest BCUT2D eigenvalue weighted by molar-refractivity contribution is -0.188. The Morgan fingerprint density at radius 3 is 2.53 bits per heavy atom. The monoisotopic (exact) mass is 482 g/mol. The number of halogens is 2. The van der Waals surface area contributed by atoms with Gasteiger partial charge in [0.05, 0.1) is 17.8 Å². The van der Waals surface area contributed by atoms with Crippen LogP contribution in [0.15, 0.2) is 29.1 Å². The summed E-state index contributed by atoms with van der Waals surface area (Å²) < 4.78 is 46.6. The lowest BCUT2D eigenvalue weighted by atomic mass is 10.1. The molecule has 1 saturated heterocycles. The molecule has 2 heterocycles. The fourth-order valence-electron chi connectivity index (χ4n) is 3.41. The number of rotatable bonds is 6. The maximum absolute atomic E-state index is 13.3. The normalized spacial score (nSPS) is 17.6. The molecule has 0 radical (unpaired) electrons. The van der Waals surface area contributed by atoms with Gasteiger partial charge in [-0.25, -0.2) is 4.79 Å². The highest BCUT2D eigenvalue weighted by atomic mass is 19.3. The number of hydrogen-bond donors (Lipinski definition) is 1. The van der Waals surface area contributed by atoms with Crippen LogP contribution in [0.25, 0.3) is 10.9 Å². The highest BCUT2D eigenvalue weighted by Gasteiger charge is 2.45. The quantitative estimate of drug-likeness (QED) is 0.621. The number of carbonyl (C=O) groups excluding carboxylic acids is 3. The molecule has 1 fully saturated rings. The molecule has 0 aliphatic carbocycles. The summed E-state index contributed by atoms with van der Waals surface area (Å²) in [6.45, 7) is 2.46. The Morgan fingerprint density at radius 2 is 1.91 bits per heavy atom. The summed E-state index contributed by atoms with van der Waals surface area (Å²) in [5.74, 6) is -3.05. The third-order valence-electron chi connectivity index (χ3n) is 4.64. The Labute approximate surface area is 192 Å². The molecule has 1 N–H and O–H groups in total. The minimum atomic E-state index is -3.21. The third-order valence-corrected chi connectivity index (χ3v) is 4.64. The van der Waals surface area contributed by atoms with Gasteiger partial charge in [-0.3, -0.25) is 14.4 Å². The van der Waals surface area contributed by atoms with Crippen molar-refractivity contribution in [3.63, 3.8) is 0 Å². The molecule has 1 aromatic heterocycles. The molecular weight excluding hydrogens is 458 g/mol. The van der Waals surface area contributed by atoms with Gasteiger partial charge in [0.15, 0.2) is 11.9 Å². The minimum absolute atomic E-state index is 0.0380. The number of carbonyl (C=O) groups is 3. The van der Waals surface area contributed by atoms with E-state index in [2.05, 4.69) is 9.72 Å². The number of esters is 2. The van der Waals surface area contributed by atoms with Gasteiger partial charge in [-0.1, -0.05) is 0 Å². The van der Waals surface area contributed by atoms with Gasteiger partial charge in [0, 0.05) is 31.0 Å². The van der Waals surface area contributed by atoms with Crippen molar-refractivity contribution in [3.05, 3.63) is 34.6 Å². The molecule has 1 amide bonds. The lowest BCUT2D eigenvalue weighted by Crippen LogP contribution is -2.56. The summed E-state index contributed by atoms with van der Waals surface area (Å²) in [6.07, 6.45) is -3.30. The van der Waals surface area contributed by atoms with Gasteiger partial charge in [-0.15, -0.1) is 0 Å². The van der Waals surface area contributed by atoms with Gasteiger partial charge in [-0.05, 0) is 32.9 Å². The van der Waals surface area contributed by atoms with E-state index in [4.69, 9.17) is 14.2 Å². The number of anilines is 1. The number of amides is 1. The van der Waals surface area contributed by atoms with Crippen molar-refractivity contribution in [1.82, 2.24) is 4.98 Å². The number of H-pyrrole nitrogens is 1. The molecule has 2 aromatic rings. The lowest BCUT2D eigenvalue weighted by Gasteiger charge is -2.36. The van der Waals surface area contributed by atoms with Crippen LogP contribution in [-0.2, 0) is 28.6 Å². The number of aromatic nitrogens is 1. The van der Waals surface area contributed by atoms with E-state index in [1.165, 1.54) is 24.3 Å². The number of nitrogens with zero attached hydrogens (tertiary/aromatic N) is 1. The molecule has 12 heteroatoms. The molecule has 1 aromatic carbocycles. The zero-order chi connectivity index (χ0) is 25.2. The van der Waals surface area contributed by atoms with E-state index in [1.807, 2.05) is 0 Å². The Bertz CT molecular complexity index is 1160. The summed E-state index contributed by atoms with van der Waals surface area (Å²) >= 11 is 0. The molecule has 1 aliphatic heterocycles. The Morgan fingerprint density at radius 1 is 1.21 bits per heavy atom. The summed E-state index contributed by atoms with van der Waals surface area (Å²) in [5.41, 5.74) is -1.22. The van der Waals surface area contributed by atoms with E-state index in [9.17, 15) is 28.0 Å². The summed E-state index contributed by atoms with van der Waals surface area (Å²) in [5, 5.41) is 0.440. The zero-order valence-electron chi connectivity index (χ0n) is 18.9. The van der Waals surface area contributed by atoms with Crippen molar-refractivity contribution >= 4 is 34.4 Å². The van der Waals surface area contributed by atoms with Gasteiger partial charge in [-0.2, -0.15) is 8.78 Å². The third kappa shape index (κ3) is 5.87. The number of fused-ring (bicyclic) bond motifs is 1. The van der Waals surface area contributed by atoms with Crippen molar-refractivity contribution in [2.45, 2.75) is 52.1 Å². The summed E-state index contributed by atoms with van der Waals surface area (Å²) in [4.78, 5) is 52.9. The first kappa shape index (κ1) is 25.1. The average molecular weight is 482 g/mol. The van der Waals surface area contributed by atoms with Gasteiger partial charge in [0.1, 0.15) is 5.60 Å². The number of pyridine rings is 1. The molecule has 0 unspecified atom stereocenters. The van der Waals surface area contributed by atoms with E-state index >= 15 is 0 Å². The standard InChI is InChI=1S/C22H24F2N2O8/c1-11(27)32-18(20(30)34-22(2,3)4)17-19(29)26(7-8-31-17)14-9-12-5-6-16(28)25-13(12)10-15(14)33-21(23)24/h5-6,9-10,17-18,21H,7-8H2,1-4H3,(H,25,28)/t17-,18-/m1/s1. The van der Waals surface area contributed by atoms with E-state index in [0.29, 0.717) is 5.39 Å². The summed E-state index contributed by atoms with van der Waals surface area (Å²) in [7, 11) is 0. The van der Waals surface area contributed by atoms with Crippen molar-refractivity contribution in [2.24, 2.45) is 0 Å². The molecule has 184 valence electrons. The van der Waals surface area contributed by atoms with Crippen LogP contribution in [0.3, 0.4) is 0 Å². The van der Waals surface area contributed by atoms with Crippen molar-refractivity contribution in [3.8, 4) is 5.75 Å². The topological polar surface area (TPSA) is 124 Å². The second kappa shape index (κ2) is 9.75. The first-order valence-corrected chi connectivity index (χ1v) is 10.3. The smallest absolute Gasteiger partial charge is 0.387 e. The van der Waals surface area contributed by atoms with Crippen LogP contribution in [0, 0.1) is 0 Å². The summed E-state index contributed by atoms with van der Waals surface area (Å²) in [6, 6.07) is 5.25. The van der Waals surface area contributed by atoms with Crippen LogP contribution in [0.4, 0.5) is 14.5 Å². The largest absolute Gasteiger partial charge is 0.457 e. The number of alkyl halides is 2. The molecule has 10 nitrogen and oxygen atoms in total. The first-order valence-electron chi connectivity index (χ1n) is 10.3. The first-order chi connectivity index (χ1) is 15.9. The highest BCUT2D eigenvalue weighted by Crippen LogP contribution is 2.35. The molecule has 1 aliphatic rings. The van der Waals surface area contributed by atoms with Crippen LogP contribution < -0.4 is 15.2 Å². The molecule has 0 bridgehead atoms. The molecule has 34 heavy (non-hydrogen) atoms. The fourth-order valence-corrected chi connectivity index (χ4v) is 3.41. The van der Waals surface area contributed by atoms with Crippen molar-refractivity contribution in [2.75, 3.05) is 18.1 Å². The average Bonchev–Trinajstić information content (AvgIpc) is 2.70. The molecule has 0 saturated carbocycles. The molecule has 0 spiro atoms. The van der Waals surface area contributed by atoms with Crippen LogP contribution in [0.1, 0.15) is 27.7 Å². The van der Waals surface area contributed by atoms with Crippen LogP contribution >= 0.6 is 0 Å². The Balaban J connectivity index is 2.02. The molecule has 2 atom stereocenters. The molecule has 3 rings (SSSR count). The zero-order valence-corrected chi connectivity index (χ0v) is 18.9. The van der Waals surface area contributed by atoms with E-state index < -0.39 is 47.8 Å². The van der Waals surface area contributed by atoms with E-state index in [0.717, 1.165) is 11.8 Å². The van der Waals surface area contributed by atoms with Gasteiger partial charge < -0.3 is 28.8 Å². The maximum Gasteiger partial charge on any atom is 0.387 e. The predicted molar refractivity (Wildman–Crippen MR) is 115 cm³/mol. The molecular formula is C22H24F2N2O8. The number of nitrogens with one attached hydrogen (secondary N) is 1. The maximum atomic E-state index is 13.3. The van der Waals surface area contributed by atoms with E-state index in [1.54, 1.807) is 20.8 Å². The highest BCUT2D eigenvalue weighted by molar-refractivity contribution is 6.03. The van der Waals surface area contributed by atoms with Crippen LogP contribution in [0.5, 0.6) is 5.75 Å². The fraction of sp³-hybridized carbons (Fsp3) is 0.455. The number of benzene rings is 1. The second-order valence-corrected chi connectivity index (χ2v) is 8.45. The van der Waals surface area contributed by atoms with Gasteiger partial charge in [0.2, 0.25) is 11.7 Å². The Kier molecular flexibility index (Phi) is 7.20.